The van der Waals surface area contributed by atoms with Crippen LogP contribution in [0.4, 0.5) is 0 Å². The monoisotopic (exact) mass is 252 g/mol. The highest BCUT2D eigenvalue weighted by Crippen LogP contribution is 2.24. The van der Waals surface area contributed by atoms with Crippen molar-refractivity contribution in [2.75, 3.05) is 6.54 Å². The summed E-state index contributed by atoms with van der Waals surface area (Å²) in [7, 11) is 0. The first-order valence-corrected chi connectivity index (χ1v) is 7.17. The van der Waals surface area contributed by atoms with E-state index in [0.717, 1.165) is 32.4 Å². The molecule has 0 fully saturated rings. The molecule has 1 aromatic rings. The average Bonchev–Trinajstić information content (AvgIpc) is 2.75. The van der Waals surface area contributed by atoms with Crippen LogP contribution in [0.25, 0.3) is 0 Å². The van der Waals surface area contributed by atoms with Gasteiger partial charge in [0, 0.05) is 30.4 Å². The second-order valence-corrected chi connectivity index (χ2v) is 5.69. The molecule has 0 saturated carbocycles. The Morgan fingerprint density at radius 3 is 3.24 bits per heavy atom. The van der Waals surface area contributed by atoms with Gasteiger partial charge in [-0.15, -0.1) is 11.3 Å². The van der Waals surface area contributed by atoms with Crippen LogP contribution in [0.1, 0.15) is 36.6 Å². The standard InChI is InChI=1S/C13H20N2OS/c1-2-3-11(14)8-13(16)15-6-4-12-10(9-15)5-7-17-12/h5,7,11H,2-4,6,8-9,14H2,1H3. The number of carbonyl (C=O) groups is 1. The van der Waals surface area contributed by atoms with Crippen LogP contribution < -0.4 is 5.73 Å². The maximum Gasteiger partial charge on any atom is 0.224 e. The van der Waals surface area contributed by atoms with Gasteiger partial charge in [0.2, 0.25) is 5.91 Å². The van der Waals surface area contributed by atoms with E-state index in [1.54, 1.807) is 11.3 Å². The molecule has 1 amide bonds. The first kappa shape index (κ1) is 12.6. The first-order chi connectivity index (χ1) is 8.20. The lowest BCUT2D eigenvalue weighted by Gasteiger charge is -2.28. The Morgan fingerprint density at radius 1 is 1.65 bits per heavy atom. The van der Waals surface area contributed by atoms with E-state index in [1.807, 2.05) is 4.90 Å². The van der Waals surface area contributed by atoms with Crippen molar-refractivity contribution >= 4 is 17.2 Å². The number of rotatable bonds is 4. The number of hydrogen-bond donors (Lipinski definition) is 1. The summed E-state index contributed by atoms with van der Waals surface area (Å²) >= 11 is 1.80. The molecule has 0 bridgehead atoms. The van der Waals surface area contributed by atoms with Crippen molar-refractivity contribution < 1.29 is 4.79 Å². The van der Waals surface area contributed by atoms with E-state index in [0.29, 0.717) is 6.42 Å². The molecule has 0 radical (unpaired) electrons. The Labute approximate surface area is 107 Å². The second kappa shape index (κ2) is 5.65. The lowest BCUT2D eigenvalue weighted by molar-refractivity contribution is -0.132. The molecule has 1 aliphatic rings. The second-order valence-electron chi connectivity index (χ2n) is 4.69. The number of hydrogen-bond acceptors (Lipinski definition) is 3. The third kappa shape index (κ3) is 3.07. The van der Waals surface area contributed by atoms with Crippen LogP contribution >= 0.6 is 11.3 Å². The molecule has 0 saturated heterocycles. The van der Waals surface area contributed by atoms with Gasteiger partial charge in [0.1, 0.15) is 0 Å². The molecule has 94 valence electrons. The van der Waals surface area contributed by atoms with Gasteiger partial charge >= 0.3 is 0 Å². The van der Waals surface area contributed by atoms with E-state index in [4.69, 9.17) is 5.73 Å². The number of nitrogens with two attached hydrogens (primary N) is 1. The third-order valence-electron chi connectivity index (χ3n) is 3.26. The molecular weight excluding hydrogens is 232 g/mol. The molecule has 1 aliphatic heterocycles. The summed E-state index contributed by atoms with van der Waals surface area (Å²) < 4.78 is 0. The molecule has 0 spiro atoms. The van der Waals surface area contributed by atoms with E-state index in [1.165, 1.54) is 10.4 Å². The van der Waals surface area contributed by atoms with Crippen LogP contribution in [0.3, 0.4) is 0 Å². The van der Waals surface area contributed by atoms with Gasteiger partial charge in [-0.1, -0.05) is 13.3 Å². The zero-order valence-corrected chi connectivity index (χ0v) is 11.1. The molecule has 2 N–H and O–H groups in total. The van der Waals surface area contributed by atoms with Crippen molar-refractivity contribution in [3.63, 3.8) is 0 Å². The molecule has 4 heteroatoms. The molecule has 1 atom stereocenters. The van der Waals surface area contributed by atoms with E-state index in [2.05, 4.69) is 18.4 Å². The van der Waals surface area contributed by atoms with E-state index >= 15 is 0 Å². The van der Waals surface area contributed by atoms with Crippen molar-refractivity contribution in [2.24, 2.45) is 5.73 Å². The SMILES string of the molecule is CCCC(N)CC(=O)N1CCc2sccc2C1. The molecular formula is C13H20N2OS. The molecule has 3 nitrogen and oxygen atoms in total. The van der Waals surface area contributed by atoms with Crippen molar-refractivity contribution in [3.8, 4) is 0 Å². The highest BCUT2D eigenvalue weighted by molar-refractivity contribution is 7.10. The summed E-state index contributed by atoms with van der Waals surface area (Å²) in [4.78, 5) is 15.5. The minimum absolute atomic E-state index is 0.0244. The number of nitrogens with zero attached hydrogens (tertiary/aromatic N) is 1. The first-order valence-electron chi connectivity index (χ1n) is 6.29. The smallest absolute Gasteiger partial charge is 0.224 e. The van der Waals surface area contributed by atoms with E-state index in [-0.39, 0.29) is 11.9 Å². The molecule has 1 aromatic heterocycles. The fraction of sp³-hybridized carbons (Fsp3) is 0.615. The van der Waals surface area contributed by atoms with Crippen molar-refractivity contribution in [1.82, 2.24) is 4.90 Å². The van der Waals surface area contributed by atoms with Gasteiger partial charge in [0.05, 0.1) is 0 Å². The van der Waals surface area contributed by atoms with Gasteiger partial charge in [-0.05, 0) is 29.9 Å². The van der Waals surface area contributed by atoms with Gasteiger partial charge in [-0.3, -0.25) is 4.79 Å². The summed E-state index contributed by atoms with van der Waals surface area (Å²) in [6.07, 6.45) is 3.47. The lowest BCUT2D eigenvalue weighted by Crippen LogP contribution is -2.38. The third-order valence-corrected chi connectivity index (χ3v) is 4.28. The molecule has 2 heterocycles. The summed E-state index contributed by atoms with van der Waals surface area (Å²) in [5.41, 5.74) is 7.24. The maximum atomic E-state index is 12.1. The summed E-state index contributed by atoms with van der Waals surface area (Å²) in [5, 5.41) is 2.11. The fourth-order valence-electron chi connectivity index (χ4n) is 2.29. The molecule has 17 heavy (non-hydrogen) atoms. The zero-order valence-electron chi connectivity index (χ0n) is 10.3. The Balaban J connectivity index is 1.90. The number of amides is 1. The quantitative estimate of drug-likeness (QED) is 0.892. The molecule has 2 rings (SSSR count). The summed E-state index contributed by atoms with van der Waals surface area (Å²) in [6, 6.07) is 2.15. The molecule has 0 aromatic carbocycles. The summed E-state index contributed by atoms with van der Waals surface area (Å²) in [5.74, 6) is 0.211. The Kier molecular flexibility index (Phi) is 4.18. The van der Waals surface area contributed by atoms with Crippen LogP contribution in [0, 0.1) is 0 Å². The van der Waals surface area contributed by atoms with E-state index < -0.39 is 0 Å². The minimum Gasteiger partial charge on any atom is -0.338 e. The topological polar surface area (TPSA) is 46.3 Å². The van der Waals surface area contributed by atoms with Crippen molar-refractivity contribution in [2.45, 2.75) is 45.2 Å². The van der Waals surface area contributed by atoms with Gasteiger partial charge in [0.25, 0.3) is 0 Å². The van der Waals surface area contributed by atoms with Gasteiger partial charge < -0.3 is 10.6 Å². The highest BCUT2D eigenvalue weighted by Gasteiger charge is 2.22. The number of fused-ring (bicyclic) bond motifs is 1. The normalized spacial score (nSPS) is 16.7. The van der Waals surface area contributed by atoms with E-state index in [9.17, 15) is 4.79 Å². The fourth-order valence-corrected chi connectivity index (χ4v) is 3.18. The molecule has 1 unspecified atom stereocenters. The highest BCUT2D eigenvalue weighted by atomic mass is 32.1. The zero-order chi connectivity index (χ0) is 12.3. The van der Waals surface area contributed by atoms with Gasteiger partial charge in [-0.2, -0.15) is 0 Å². The Morgan fingerprint density at radius 2 is 2.47 bits per heavy atom. The van der Waals surface area contributed by atoms with Gasteiger partial charge in [-0.25, -0.2) is 0 Å². The number of thiophene rings is 1. The van der Waals surface area contributed by atoms with Crippen molar-refractivity contribution in [1.29, 1.82) is 0 Å². The van der Waals surface area contributed by atoms with Crippen LogP contribution in [0.15, 0.2) is 11.4 Å². The predicted octanol–water partition coefficient (Wildman–Crippen LogP) is 2.15. The summed E-state index contributed by atoms with van der Waals surface area (Å²) in [6.45, 7) is 3.73. The van der Waals surface area contributed by atoms with Gasteiger partial charge in [0.15, 0.2) is 0 Å². The maximum absolute atomic E-state index is 12.1. The lowest BCUT2D eigenvalue weighted by atomic mass is 10.1. The van der Waals surface area contributed by atoms with Crippen LogP contribution in [0.5, 0.6) is 0 Å². The van der Waals surface area contributed by atoms with Crippen LogP contribution in [-0.4, -0.2) is 23.4 Å². The molecule has 0 aliphatic carbocycles. The van der Waals surface area contributed by atoms with Crippen LogP contribution in [0.2, 0.25) is 0 Å². The number of carbonyl (C=O) groups excluding carboxylic acids is 1. The average molecular weight is 252 g/mol. The Bertz CT molecular complexity index is 389. The minimum atomic E-state index is 0.0244. The predicted molar refractivity (Wildman–Crippen MR) is 70.9 cm³/mol. The van der Waals surface area contributed by atoms with Crippen LogP contribution in [-0.2, 0) is 17.8 Å². The van der Waals surface area contributed by atoms with Crippen molar-refractivity contribution in [3.05, 3.63) is 21.9 Å². The Hall–Kier alpha value is -0.870. The largest absolute Gasteiger partial charge is 0.338 e.